The van der Waals surface area contributed by atoms with Gasteiger partial charge in [0, 0.05) is 5.56 Å². The van der Waals surface area contributed by atoms with Crippen LogP contribution in [0.1, 0.15) is 33.3 Å². The van der Waals surface area contributed by atoms with Gasteiger partial charge in [0.1, 0.15) is 17.3 Å². The van der Waals surface area contributed by atoms with Gasteiger partial charge in [-0.2, -0.15) is 0 Å². The summed E-state index contributed by atoms with van der Waals surface area (Å²) in [5.41, 5.74) is 3.36. The Labute approximate surface area is 122 Å². The molecule has 2 heterocycles. The van der Waals surface area contributed by atoms with Crippen LogP contribution in [0, 0.1) is 20.8 Å². The highest BCUT2D eigenvalue weighted by atomic mass is 16.3. The number of fused-ring (bicyclic) bond motifs is 1. The second-order valence-electron chi connectivity index (χ2n) is 5.10. The highest BCUT2D eigenvalue weighted by Crippen LogP contribution is 2.20. The van der Waals surface area contributed by atoms with E-state index < -0.39 is 0 Å². The van der Waals surface area contributed by atoms with Crippen LogP contribution in [0.3, 0.4) is 0 Å². The fourth-order valence-electron chi connectivity index (χ4n) is 2.47. The van der Waals surface area contributed by atoms with Gasteiger partial charge in [0.2, 0.25) is 0 Å². The van der Waals surface area contributed by atoms with Crippen molar-refractivity contribution in [3.8, 4) is 0 Å². The summed E-state index contributed by atoms with van der Waals surface area (Å²) < 4.78 is 5.48. The van der Waals surface area contributed by atoms with Crippen molar-refractivity contribution in [1.29, 1.82) is 0 Å². The second-order valence-corrected chi connectivity index (χ2v) is 5.10. The number of para-hydroxylation sites is 2. The molecule has 2 aromatic heterocycles. The fraction of sp³-hybridized carbons (Fsp3) is 0.250. The van der Waals surface area contributed by atoms with E-state index >= 15 is 0 Å². The number of rotatable bonds is 3. The predicted molar refractivity (Wildman–Crippen MR) is 80.2 cm³/mol. The molecule has 0 saturated heterocycles. The minimum atomic E-state index is -0.137. The molecule has 0 radical (unpaired) electrons. The van der Waals surface area contributed by atoms with E-state index in [2.05, 4.69) is 15.3 Å². The summed E-state index contributed by atoms with van der Waals surface area (Å²) in [6, 6.07) is 7.78. The van der Waals surface area contributed by atoms with Crippen molar-refractivity contribution in [3.63, 3.8) is 0 Å². The third-order valence-electron chi connectivity index (χ3n) is 3.64. The van der Waals surface area contributed by atoms with Crippen LogP contribution in [-0.2, 0) is 6.54 Å². The van der Waals surface area contributed by atoms with Gasteiger partial charge in [-0.05, 0) is 32.9 Å². The van der Waals surface area contributed by atoms with Gasteiger partial charge in [-0.3, -0.25) is 4.79 Å². The summed E-state index contributed by atoms with van der Waals surface area (Å²) >= 11 is 0. The standard InChI is InChI=1S/C16H17N3O2/c1-9-10(2)21-11(3)15(9)16(20)17-8-14-18-12-6-4-5-7-13(12)19-14/h4-7H,8H2,1-3H3,(H,17,20)(H,18,19). The highest BCUT2D eigenvalue weighted by molar-refractivity contribution is 5.96. The van der Waals surface area contributed by atoms with Crippen molar-refractivity contribution in [2.24, 2.45) is 0 Å². The SMILES string of the molecule is Cc1oc(C)c(C(=O)NCc2nc3ccccc3[nH]2)c1C. The van der Waals surface area contributed by atoms with Crippen LogP contribution in [-0.4, -0.2) is 15.9 Å². The summed E-state index contributed by atoms with van der Waals surface area (Å²) in [7, 11) is 0. The van der Waals surface area contributed by atoms with Gasteiger partial charge < -0.3 is 14.7 Å². The summed E-state index contributed by atoms with van der Waals surface area (Å²) in [5.74, 6) is 2.02. The van der Waals surface area contributed by atoms with E-state index in [1.54, 1.807) is 6.92 Å². The molecule has 0 aliphatic heterocycles. The smallest absolute Gasteiger partial charge is 0.255 e. The number of aryl methyl sites for hydroxylation is 2. The van der Waals surface area contributed by atoms with Crippen LogP contribution < -0.4 is 5.32 Å². The second kappa shape index (κ2) is 5.09. The maximum atomic E-state index is 12.3. The Kier molecular flexibility index (Phi) is 3.25. The van der Waals surface area contributed by atoms with Crippen LogP contribution in [0.25, 0.3) is 11.0 Å². The molecule has 3 aromatic rings. The van der Waals surface area contributed by atoms with E-state index in [1.165, 1.54) is 0 Å². The van der Waals surface area contributed by atoms with Gasteiger partial charge >= 0.3 is 0 Å². The Morgan fingerprint density at radius 3 is 2.67 bits per heavy atom. The average molecular weight is 283 g/mol. The largest absolute Gasteiger partial charge is 0.466 e. The first-order valence-corrected chi connectivity index (χ1v) is 6.84. The molecule has 0 saturated carbocycles. The summed E-state index contributed by atoms with van der Waals surface area (Å²) in [4.78, 5) is 19.9. The molecule has 0 unspecified atom stereocenters. The highest BCUT2D eigenvalue weighted by Gasteiger charge is 2.18. The molecular formula is C16H17N3O2. The van der Waals surface area contributed by atoms with Crippen molar-refractivity contribution in [3.05, 3.63) is 52.7 Å². The number of nitrogens with one attached hydrogen (secondary N) is 2. The third kappa shape index (κ3) is 2.42. The van der Waals surface area contributed by atoms with E-state index in [-0.39, 0.29) is 5.91 Å². The van der Waals surface area contributed by atoms with Gasteiger partial charge in [0.25, 0.3) is 5.91 Å². The Morgan fingerprint density at radius 2 is 2.00 bits per heavy atom. The lowest BCUT2D eigenvalue weighted by Crippen LogP contribution is -2.24. The van der Waals surface area contributed by atoms with E-state index in [9.17, 15) is 4.79 Å². The number of H-pyrrole nitrogens is 1. The molecule has 21 heavy (non-hydrogen) atoms. The van der Waals surface area contributed by atoms with Gasteiger partial charge in [-0.1, -0.05) is 12.1 Å². The summed E-state index contributed by atoms with van der Waals surface area (Å²) in [5, 5.41) is 2.88. The topological polar surface area (TPSA) is 70.9 Å². The van der Waals surface area contributed by atoms with E-state index in [0.717, 1.165) is 28.2 Å². The Morgan fingerprint density at radius 1 is 1.24 bits per heavy atom. The summed E-state index contributed by atoms with van der Waals surface area (Å²) in [6.07, 6.45) is 0. The Bertz CT molecular complexity index is 781. The Balaban J connectivity index is 1.76. The fourth-order valence-corrected chi connectivity index (χ4v) is 2.47. The predicted octanol–water partition coefficient (Wildman–Crippen LogP) is 3.01. The molecule has 0 bridgehead atoms. The molecule has 5 nitrogen and oxygen atoms in total. The number of nitrogens with zero attached hydrogens (tertiary/aromatic N) is 1. The Hall–Kier alpha value is -2.56. The first kappa shape index (κ1) is 13.4. The number of furan rings is 1. The lowest BCUT2D eigenvalue weighted by molar-refractivity contribution is 0.0948. The van der Waals surface area contributed by atoms with Crippen molar-refractivity contribution >= 4 is 16.9 Å². The van der Waals surface area contributed by atoms with Crippen LogP contribution >= 0.6 is 0 Å². The molecule has 2 N–H and O–H groups in total. The number of benzene rings is 1. The van der Waals surface area contributed by atoms with Crippen molar-refractivity contribution < 1.29 is 9.21 Å². The summed E-state index contributed by atoms with van der Waals surface area (Å²) in [6.45, 7) is 5.91. The molecule has 1 aromatic carbocycles. The molecule has 0 aliphatic rings. The van der Waals surface area contributed by atoms with Crippen molar-refractivity contribution in [2.45, 2.75) is 27.3 Å². The van der Waals surface area contributed by atoms with Gasteiger partial charge in [-0.25, -0.2) is 4.98 Å². The number of amides is 1. The number of aromatic nitrogens is 2. The van der Waals surface area contributed by atoms with Crippen LogP contribution in [0.15, 0.2) is 28.7 Å². The quantitative estimate of drug-likeness (QED) is 0.776. The maximum Gasteiger partial charge on any atom is 0.255 e. The van der Waals surface area contributed by atoms with E-state index in [4.69, 9.17) is 4.42 Å². The zero-order chi connectivity index (χ0) is 15.0. The number of imidazole rings is 1. The number of hydrogen-bond acceptors (Lipinski definition) is 3. The molecule has 5 heteroatoms. The first-order chi connectivity index (χ1) is 10.1. The normalized spacial score (nSPS) is 11.0. The molecule has 1 amide bonds. The molecular weight excluding hydrogens is 266 g/mol. The molecule has 0 spiro atoms. The van der Waals surface area contributed by atoms with E-state index in [0.29, 0.717) is 17.9 Å². The number of carbonyl (C=O) groups excluding carboxylic acids is 1. The zero-order valence-corrected chi connectivity index (χ0v) is 12.3. The number of carbonyl (C=O) groups is 1. The van der Waals surface area contributed by atoms with Gasteiger partial charge in [0.15, 0.2) is 0 Å². The van der Waals surface area contributed by atoms with Crippen LogP contribution in [0.4, 0.5) is 0 Å². The first-order valence-electron chi connectivity index (χ1n) is 6.84. The van der Waals surface area contributed by atoms with Crippen LogP contribution in [0.5, 0.6) is 0 Å². The number of hydrogen-bond donors (Lipinski definition) is 2. The molecule has 108 valence electrons. The lowest BCUT2D eigenvalue weighted by atomic mass is 10.1. The van der Waals surface area contributed by atoms with Gasteiger partial charge in [-0.15, -0.1) is 0 Å². The maximum absolute atomic E-state index is 12.3. The zero-order valence-electron chi connectivity index (χ0n) is 12.3. The minimum absolute atomic E-state index is 0.137. The molecule has 0 atom stereocenters. The minimum Gasteiger partial charge on any atom is -0.466 e. The molecule has 0 aliphatic carbocycles. The van der Waals surface area contributed by atoms with Crippen molar-refractivity contribution in [2.75, 3.05) is 0 Å². The lowest BCUT2D eigenvalue weighted by Gasteiger charge is -2.03. The van der Waals surface area contributed by atoms with Crippen LogP contribution in [0.2, 0.25) is 0 Å². The number of aromatic amines is 1. The van der Waals surface area contributed by atoms with Crippen molar-refractivity contribution in [1.82, 2.24) is 15.3 Å². The average Bonchev–Trinajstić information content (AvgIpc) is 2.97. The van der Waals surface area contributed by atoms with Gasteiger partial charge in [0.05, 0.1) is 23.1 Å². The molecule has 3 rings (SSSR count). The van der Waals surface area contributed by atoms with E-state index in [1.807, 2.05) is 38.1 Å². The monoisotopic (exact) mass is 283 g/mol. The third-order valence-corrected chi connectivity index (χ3v) is 3.64. The molecule has 0 fully saturated rings.